The molecule has 16 heavy (non-hydrogen) atoms. The van der Waals surface area contributed by atoms with E-state index in [1.165, 1.54) is 0 Å². The van der Waals surface area contributed by atoms with E-state index >= 15 is 0 Å². The summed E-state index contributed by atoms with van der Waals surface area (Å²) in [6, 6.07) is 8.19. The average Bonchev–Trinajstić information content (AvgIpc) is 2.29. The van der Waals surface area contributed by atoms with Crippen LogP contribution in [-0.2, 0) is 0 Å². The van der Waals surface area contributed by atoms with Gasteiger partial charge in [-0.2, -0.15) is 0 Å². The van der Waals surface area contributed by atoms with Crippen molar-refractivity contribution in [1.82, 2.24) is 0 Å². The number of thioether (sulfide) groups is 1. The van der Waals surface area contributed by atoms with Gasteiger partial charge in [-0.1, -0.05) is 50.4 Å². The van der Waals surface area contributed by atoms with Crippen molar-refractivity contribution in [2.24, 2.45) is 11.7 Å². The van der Waals surface area contributed by atoms with Gasteiger partial charge in [-0.15, -0.1) is 11.8 Å². The molecule has 0 spiro atoms. The Kier molecular flexibility index (Phi) is 6.25. The van der Waals surface area contributed by atoms with E-state index in [2.05, 4.69) is 13.8 Å². The normalized spacial score (nSPS) is 13.1. The molecule has 3 heteroatoms. The van der Waals surface area contributed by atoms with Crippen LogP contribution in [0.2, 0.25) is 5.02 Å². The highest BCUT2D eigenvalue weighted by Crippen LogP contribution is 2.28. The van der Waals surface area contributed by atoms with Crippen molar-refractivity contribution in [1.29, 1.82) is 0 Å². The summed E-state index contributed by atoms with van der Waals surface area (Å²) < 4.78 is 0. The van der Waals surface area contributed by atoms with E-state index in [-0.39, 0.29) is 6.04 Å². The second-order valence-electron chi connectivity index (χ2n) is 3.98. The average molecular weight is 258 g/mol. The van der Waals surface area contributed by atoms with Gasteiger partial charge in [0.05, 0.1) is 5.02 Å². The quantitative estimate of drug-likeness (QED) is 0.773. The van der Waals surface area contributed by atoms with Crippen LogP contribution >= 0.6 is 23.4 Å². The molecule has 0 saturated carbocycles. The molecule has 0 fully saturated rings. The van der Waals surface area contributed by atoms with Crippen LogP contribution in [0.1, 0.15) is 26.7 Å². The number of hydrogen-bond donors (Lipinski definition) is 1. The molecule has 0 radical (unpaired) electrons. The zero-order valence-corrected chi connectivity index (χ0v) is 11.5. The second kappa shape index (κ2) is 7.21. The fourth-order valence-corrected chi connectivity index (χ4v) is 3.10. The third-order valence-electron chi connectivity index (χ3n) is 2.92. The van der Waals surface area contributed by atoms with Crippen LogP contribution in [0.15, 0.2) is 29.2 Å². The predicted octanol–water partition coefficient (Wildman–Crippen LogP) is 4.20. The molecule has 0 saturated heterocycles. The van der Waals surface area contributed by atoms with Crippen LogP contribution in [0.5, 0.6) is 0 Å². The zero-order chi connectivity index (χ0) is 12.0. The highest BCUT2D eigenvalue weighted by atomic mass is 35.5. The van der Waals surface area contributed by atoms with Crippen molar-refractivity contribution in [2.75, 3.05) is 5.75 Å². The summed E-state index contributed by atoms with van der Waals surface area (Å²) in [6.45, 7) is 4.41. The first kappa shape index (κ1) is 13.9. The molecule has 90 valence electrons. The Labute approximate surface area is 108 Å². The summed E-state index contributed by atoms with van der Waals surface area (Å²) in [5, 5.41) is 0.823. The van der Waals surface area contributed by atoms with E-state index in [9.17, 15) is 0 Å². The number of benzene rings is 1. The molecular weight excluding hydrogens is 238 g/mol. The standard InChI is InChI=1S/C13H20ClNS/c1-3-10(4-2)12(15)9-16-13-8-6-5-7-11(13)14/h5-8,10,12H,3-4,9,15H2,1-2H3. The molecule has 0 heterocycles. The molecular formula is C13H20ClNS. The fraction of sp³-hybridized carbons (Fsp3) is 0.538. The van der Waals surface area contributed by atoms with E-state index in [0.717, 1.165) is 28.5 Å². The van der Waals surface area contributed by atoms with Gasteiger partial charge in [-0.25, -0.2) is 0 Å². The Bertz CT molecular complexity index is 313. The third kappa shape index (κ3) is 4.00. The van der Waals surface area contributed by atoms with E-state index in [1.807, 2.05) is 24.3 Å². The Balaban J connectivity index is 2.48. The molecule has 0 aromatic heterocycles. The van der Waals surface area contributed by atoms with Gasteiger partial charge in [0.15, 0.2) is 0 Å². The number of hydrogen-bond acceptors (Lipinski definition) is 2. The predicted molar refractivity (Wildman–Crippen MR) is 74.2 cm³/mol. The number of halogens is 1. The highest BCUT2D eigenvalue weighted by Gasteiger charge is 2.14. The first-order chi connectivity index (χ1) is 7.69. The molecule has 1 rings (SSSR count). The lowest BCUT2D eigenvalue weighted by molar-refractivity contribution is 0.422. The van der Waals surface area contributed by atoms with Crippen molar-refractivity contribution < 1.29 is 0 Å². The van der Waals surface area contributed by atoms with Crippen molar-refractivity contribution in [3.63, 3.8) is 0 Å². The SMILES string of the molecule is CCC(CC)C(N)CSc1ccccc1Cl. The second-order valence-corrected chi connectivity index (χ2v) is 5.45. The Morgan fingerprint density at radius 2 is 1.88 bits per heavy atom. The summed E-state index contributed by atoms with van der Waals surface area (Å²) in [5.41, 5.74) is 6.17. The van der Waals surface area contributed by atoms with Gasteiger partial charge in [-0.05, 0) is 18.1 Å². The lowest BCUT2D eigenvalue weighted by atomic mass is 9.96. The lowest BCUT2D eigenvalue weighted by Crippen LogP contribution is -2.31. The minimum Gasteiger partial charge on any atom is -0.327 e. The summed E-state index contributed by atoms with van der Waals surface area (Å²) in [6.07, 6.45) is 2.31. The maximum Gasteiger partial charge on any atom is 0.0541 e. The Morgan fingerprint density at radius 3 is 2.44 bits per heavy atom. The maximum absolute atomic E-state index is 6.17. The van der Waals surface area contributed by atoms with Gasteiger partial charge >= 0.3 is 0 Å². The molecule has 0 bridgehead atoms. The van der Waals surface area contributed by atoms with Crippen LogP contribution in [0.25, 0.3) is 0 Å². The Hall–Kier alpha value is -0.180. The summed E-state index contributed by atoms with van der Waals surface area (Å²) >= 11 is 7.85. The van der Waals surface area contributed by atoms with Crippen LogP contribution in [-0.4, -0.2) is 11.8 Å². The lowest BCUT2D eigenvalue weighted by Gasteiger charge is -2.20. The smallest absolute Gasteiger partial charge is 0.0541 e. The molecule has 0 amide bonds. The molecule has 2 N–H and O–H groups in total. The largest absolute Gasteiger partial charge is 0.327 e. The third-order valence-corrected chi connectivity index (χ3v) is 4.58. The van der Waals surface area contributed by atoms with Gasteiger partial charge in [0.1, 0.15) is 0 Å². The minimum absolute atomic E-state index is 0.260. The molecule has 0 aliphatic rings. The first-order valence-electron chi connectivity index (χ1n) is 5.81. The zero-order valence-electron chi connectivity index (χ0n) is 9.95. The van der Waals surface area contributed by atoms with Crippen molar-refractivity contribution in [3.05, 3.63) is 29.3 Å². The van der Waals surface area contributed by atoms with E-state index in [1.54, 1.807) is 11.8 Å². The Morgan fingerprint density at radius 1 is 1.25 bits per heavy atom. The van der Waals surface area contributed by atoms with Gasteiger partial charge in [0.2, 0.25) is 0 Å². The number of rotatable bonds is 6. The van der Waals surface area contributed by atoms with Crippen molar-refractivity contribution in [3.8, 4) is 0 Å². The summed E-state index contributed by atoms with van der Waals surface area (Å²) in [5.74, 6) is 1.56. The van der Waals surface area contributed by atoms with Gasteiger partial charge in [-0.3, -0.25) is 0 Å². The van der Waals surface area contributed by atoms with Gasteiger partial charge in [0.25, 0.3) is 0 Å². The van der Waals surface area contributed by atoms with Gasteiger partial charge < -0.3 is 5.73 Å². The summed E-state index contributed by atoms with van der Waals surface area (Å²) in [4.78, 5) is 1.13. The highest BCUT2D eigenvalue weighted by molar-refractivity contribution is 7.99. The molecule has 1 atom stereocenters. The molecule has 1 unspecified atom stereocenters. The molecule has 1 aromatic carbocycles. The molecule has 1 aromatic rings. The summed E-state index contributed by atoms with van der Waals surface area (Å²) in [7, 11) is 0. The molecule has 1 nitrogen and oxygen atoms in total. The van der Waals surface area contributed by atoms with Gasteiger partial charge in [0, 0.05) is 16.7 Å². The van der Waals surface area contributed by atoms with Crippen molar-refractivity contribution in [2.45, 2.75) is 37.6 Å². The van der Waals surface area contributed by atoms with Crippen LogP contribution in [0.3, 0.4) is 0 Å². The monoisotopic (exact) mass is 257 g/mol. The van der Waals surface area contributed by atoms with Crippen LogP contribution in [0.4, 0.5) is 0 Å². The fourth-order valence-electron chi connectivity index (χ4n) is 1.78. The maximum atomic E-state index is 6.17. The molecule has 0 aliphatic heterocycles. The van der Waals surface area contributed by atoms with Crippen LogP contribution < -0.4 is 5.73 Å². The van der Waals surface area contributed by atoms with Crippen LogP contribution in [0, 0.1) is 5.92 Å². The van der Waals surface area contributed by atoms with E-state index in [0.29, 0.717) is 5.92 Å². The van der Waals surface area contributed by atoms with Crippen molar-refractivity contribution >= 4 is 23.4 Å². The number of nitrogens with two attached hydrogens (primary N) is 1. The minimum atomic E-state index is 0.260. The van der Waals surface area contributed by atoms with E-state index < -0.39 is 0 Å². The molecule has 0 aliphatic carbocycles. The first-order valence-corrected chi connectivity index (χ1v) is 7.18. The topological polar surface area (TPSA) is 26.0 Å². The van der Waals surface area contributed by atoms with E-state index in [4.69, 9.17) is 17.3 Å².